The van der Waals surface area contributed by atoms with Crippen LogP contribution in [0.3, 0.4) is 0 Å². The van der Waals surface area contributed by atoms with Crippen LogP contribution in [0.1, 0.15) is 17.9 Å². The monoisotopic (exact) mass is 244 g/mol. The van der Waals surface area contributed by atoms with Gasteiger partial charge in [-0.15, -0.1) is 0 Å². The fourth-order valence-corrected chi connectivity index (χ4v) is 3.09. The number of hydrogen-bond acceptors (Lipinski definition) is 3. The molecule has 4 heteroatoms. The third-order valence-electron chi connectivity index (χ3n) is 4.08. The molecule has 0 saturated carbocycles. The van der Waals surface area contributed by atoms with Gasteiger partial charge in [-0.2, -0.15) is 0 Å². The molecule has 2 aromatic heterocycles. The van der Waals surface area contributed by atoms with Crippen LogP contribution in [-0.2, 0) is 7.05 Å². The van der Waals surface area contributed by atoms with Gasteiger partial charge in [0.1, 0.15) is 0 Å². The summed E-state index contributed by atoms with van der Waals surface area (Å²) in [5.41, 5.74) is 8.91. The minimum Gasteiger partial charge on any atom is -0.349 e. The number of fused-ring (bicyclic) bond motifs is 1. The zero-order valence-electron chi connectivity index (χ0n) is 11.0. The fourth-order valence-electron chi connectivity index (χ4n) is 3.09. The van der Waals surface area contributed by atoms with Crippen LogP contribution in [0, 0.1) is 0 Å². The molecule has 2 aromatic rings. The van der Waals surface area contributed by atoms with Crippen LogP contribution >= 0.6 is 0 Å². The molecule has 1 saturated heterocycles. The lowest BCUT2D eigenvalue weighted by Crippen LogP contribution is -2.45. The van der Waals surface area contributed by atoms with Gasteiger partial charge in [0.05, 0.1) is 11.7 Å². The largest absolute Gasteiger partial charge is 0.349 e. The summed E-state index contributed by atoms with van der Waals surface area (Å²) in [5.74, 6) is 0.465. The Hall–Kier alpha value is -1.39. The first-order valence-corrected chi connectivity index (χ1v) is 6.50. The standard InChI is InChI=1S/C14H20N4/c1-17-6-4-10(13(15)9-17)12-8-18(2)14-7-16-5-3-11(12)14/h3,5,7-8,10,13H,4,6,9,15H2,1-2H3. The molecule has 2 atom stereocenters. The first-order valence-electron chi connectivity index (χ1n) is 6.50. The van der Waals surface area contributed by atoms with Crippen molar-refractivity contribution in [1.29, 1.82) is 0 Å². The van der Waals surface area contributed by atoms with Gasteiger partial charge in [0.25, 0.3) is 0 Å². The predicted molar refractivity (Wildman–Crippen MR) is 73.5 cm³/mol. The summed E-state index contributed by atoms with van der Waals surface area (Å²) in [7, 11) is 4.22. The molecule has 1 aliphatic heterocycles. The molecule has 0 amide bonds. The highest BCUT2D eigenvalue weighted by Gasteiger charge is 2.28. The normalized spacial score (nSPS) is 25.7. The number of aryl methyl sites for hydroxylation is 1. The second kappa shape index (κ2) is 4.37. The van der Waals surface area contributed by atoms with Gasteiger partial charge < -0.3 is 15.2 Å². The third kappa shape index (κ3) is 1.82. The summed E-state index contributed by atoms with van der Waals surface area (Å²) in [4.78, 5) is 6.52. The predicted octanol–water partition coefficient (Wildman–Crippen LogP) is 1.32. The Morgan fingerprint density at radius 1 is 1.39 bits per heavy atom. The molecule has 0 spiro atoms. The van der Waals surface area contributed by atoms with Crippen LogP contribution in [0.25, 0.3) is 10.9 Å². The number of nitrogens with zero attached hydrogens (tertiary/aromatic N) is 3. The number of aromatic nitrogens is 2. The molecule has 2 unspecified atom stereocenters. The van der Waals surface area contributed by atoms with Gasteiger partial charge in [0, 0.05) is 43.3 Å². The molecule has 0 bridgehead atoms. The Morgan fingerprint density at radius 3 is 3.00 bits per heavy atom. The molecule has 96 valence electrons. The van der Waals surface area contributed by atoms with E-state index in [0.717, 1.165) is 19.5 Å². The van der Waals surface area contributed by atoms with E-state index in [1.54, 1.807) is 0 Å². The van der Waals surface area contributed by atoms with Crippen molar-refractivity contribution in [3.05, 3.63) is 30.2 Å². The van der Waals surface area contributed by atoms with Crippen LogP contribution in [-0.4, -0.2) is 40.6 Å². The third-order valence-corrected chi connectivity index (χ3v) is 4.08. The van der Waals surface area contributed by atoms with Crippen molar-refractivity contribution in [2.45, 2.75) is 18.4 Å². The first-order chi connectivity index (χ1) is 8.66. The van der Waals surface area contributed by atoms with E-state index in [-0.39, 0.29) is 6.04 Å². The van der Waals surface area contributed by atoms with E-state index in [0.29, 0.717) is 5.92 Å². The molecule has 18 heavy (non-hydrogen) atoms. The van der Waals surface area contributed by atoms with Crippen LogP contribution in [0.5, 0.6) is 0 Å². The van der Waals surface area contributed by atoms with E-state index < -0.39 is 0 Å². The number of nitrogens with two attached hydrogens (primary N) is 1. The average Bonchev–Trinajstić information content (AvgIpc) is 2.68. The zero-order chi connectivity index (χ0) is 12.7. The van der Waals surface area contributed by atoms with Gasteiger partial charge in [-0.1, -0.05) is 0 Å². The highest BCUT2D eigenvalue weighted by molar-refractivity contribution is 5.83. The quantitative estimate of drug-likeness (QED) is 0.823. The minimum atomic E-state index is 0.225. The fraction of sp³-hybridized carbons (Fsp3) is 0.500. The molecule has 2 N–H and O–H groups in total. The van der Waals surface area contributed by atoms with Crippen molar-refractivity contribution in [3.8, 4) is 0 Å². The van der Waals surface area contributed by atoms with Gasteiger partial charge in [-0.3, -0.25) is 4.98 Å². The Kier molecular flexibility index (Phi) is 2.84. The zero-order valence-corrected chi connectivity index (χ0v) is 11.0. The molecule has 0 aromatic carbocycles. The summed E-state index contributed by atoms with van der Waals surface area (Å²) < 4.78 is 2.16. The van der Waals surface area contributed by atoms with Gasteiger partial charge >= 0.3 is 0 Å². The van der Waals surface area contributed by atoms with Crippen LogP contribution < -0.4 is 5.73 Å². The second-order valence-corrected chi connectivity index (χ2v) is 5.41. The number of hydrogen-bond donors (Lipinski definition) is 1. The topological polar surface area (TPSA) is 47.1 Å². The maximum atomic E-state index is 6.34. The van der Waals surface area contributed by atoms with Gasteiger partial charge in [0.15, 0.2) is 0 Å². The maximum Gasteiger partial charge on any atom is 0.0667 e. The summed E-state index contributed by atoms with van der Waals surface area (Å²) >= 11 is 0. The highest BCUT2D eigenvalue weighted by atomic mass is 15.1. The first kappa shape index (κ1) is 11.7. The van der Waals surface area contributed by atoms with Crippen molar-refractivity contribution in [3.63, 3.8) is 0 Å². The second-order valence-electron chi connectivity index (χ2n) is 5.41. The number of likely N-dealkylation sites (N-methyl/N-ethyl adjacent to an activating group) is 1. The lowest BCUT2D eigenvalue weighted by atomic mass is 9.86. The van der Waals surface area contributed by atoms with E-state index in [4.69, 9.17) is 5.73 Å². The lowest BCUT2D eigenvalue weighted by Gasteiger charge is -2.34. The highest BCUT2D eigenvalue weighted by Crippen LogP contribution is 2.32. The summed E-state index contributed by atoms with van der Waals surface area (Å²) in [6.07, 6.45) is 7.16. The maximum absolute atomic E-state index is 6.34. The summed E-state index contributed by atoms with van der Waals surface area (Å²) in [6.45, 7) is 2.10. The number of pyridine rings is 1. The molecular formula is C14H20N4. The SMILES string of the molecule is CN1CCC(c2cn(C)c3cnccc23)C(N)C1. The van der Waals surface area contributed by atoms with Crippen LogP contribution in [0.15, 0.2) is 24.7 Å². The van der Waals surface area contributed by atoms with Crippen molar-refractivity contribution in [1.82, 2.24) is 14.5 Å². The van der Waals surface area contributed by atoms with Crippen LogP contribution in [0.2, 0.25) is 0 Å². The molecular weight excluding hydrogens is 224 g/mol. The van der Waals surface area contributed by atoms with Crippen molar-refractivity contribution < 1.29 is 0 Å². The van der Waals surface area contributed by atoms with E-state index in [1.807, 2.05) is 12.4 Å². The van der Waals surface area contributed by atoms with Gasteiger partial charge in [-0.05, 0) is 31.6 Å². The Bertz CT molecular complexity index is 560. The molecule has 0 aliphatic carbocycles. The lowest BCUT2D eigenvalue weighted by molar-refractivity contribution is 0.229. The number of piperidine rings is 1. The Balaban J connectivity index is 2.04. The van der Waals surface area contributed by atoms with Crippen molar-refractivity contribution in [2.75, 3.05) is 20.1 Å². The van der Waals surface area contributed by atoms with E-state index >= 15 is 0 Å². The van der Waals surface area contributed by atoms with Crippen molar-refractivity contribution >= 4 is 10.9 Å². The van der Waals surface area contributed by atoms with E-state index in [1.165, 1.54) is 16.5 Å². The van der Waals surface area contributed by atoms with Crippen LogP contribution in [0.4, 0.5) is 0 Å². The van der Waals surface area contributed by atoms with Crippen molar-refractivity contribution in [2.24, 2.45) is 12.8 Å². The van der Waals surface area contributed by atoms with Gasteiger partial charge in [0.2, 0.25) is 0 Å². The molecule has 0 radical (unpaired) electrons. The summed E-state index contributed by atoms with van der Waals surface area (Å²) in [6, 6.07) is 2.33. The van der Waals surface area contributed by atoms with Gasteiger partial charge in [-0.25, -0.2) is 0 Å². The summed E-state index contributed by atoms with van der Waals surface area (Å²) in [5, 5.41) is 1.30. The minimum absolute atomic E-state index is 0.225. The Labute approximate surface area is 107 Å². The molecule has 1 aliphatic rings. The number of rotatable bonds is 1. The average molecular weight is 244 g/mol. The Morgan fingerprint density at radius 2 is 2.22 bits per heavy atom. The van der Waals surface area contributed by atoms with E-state index in [2.05, 4.69) is 40.8 Å². The molecule has 3 rings (SSSR count). The smallest absolute Gasteiger partial charge is 0.0667 e. The molecule has 1 fully saturated rings. The molecule has 4 nitrogen and oxygen atoms in total. The molecule has 3 heterocycles. The number of likely N-dealkylation sites (tertiary alicyclic amines) is 1. The van der Waals surface area contributed by atoms with E-state index in [9.17, 15) is 0 Å².